The van der Waals surface area contributed by atoms with Crippen molar-refractivity contribution in [3.8, 4) is 0 Å². The highest BCUT2D eigenvalue weighted by atomic mass is 127. The van der Waals surface area contributed by atoms with Crippen molar-refractivity contribution in [2.24, 2.45) is 10.9 Å². The minimum absolute atomic E-state index is 0. The third-order valence-corrected chi connectivity index (χ3v) is 1.97. The first-order valence-corrected chi connectivity index (χ1v) is 6.08. The van der Waals surface area contributed by atoms with Gasteiger partial charge < -0.3 is 15.5 Å². The quantitative estimate of drug-likeness (QED) is 0.436. The van der Waals surface area contributed by atoms with Crippen molar-refractivity contribution < 1.29 is 4.79 Å². The Hall–Kier alpha value is -0.530. The normalized spacial score (nSPS) is 11.2. The third kappa shape index (κ3) is 10.6. The Labute approximate surface area is 128 Å². The predicted octanol–water partition coefficient (Wildman–Crippen LogP) is 1.29. The van der Waals surface area contributed by atoms with Crippen LogP contribution in [-0.4, -0.2) is 50.0 Å². The Balaban J connectivity index is 0. The van der Waals surface area contributed by atoms with E-state index in [4.69, 9.17) is 0 Å². The molecule has 0 aromatic heterocycles. The van der Waals surface area contributed by atoms with Crippen molar-refractivity contribution in [1.29, 1.82) is 0 Å². The molecular formula is C12H27IN4O. The van der Waals surface area contributed by atoms with Crippen LogP contribution in [-0.2, 0) is 4.79 Å². The second-order valence-corrected chi connectivity index (χ2v) is 5.03. The van der Waals surface area contributed by atoms with Gasteiger partial charge in [-0.2, -0.15) is 0 Å². The number of carbonyl (C=O) groups excluding carboxylic acids is 1. The van der Waals surface area contributed by atoms with E-state index in [-0.39, 0.29) is 36.4 Å². The molecule has 0 heterocycles. The van der Waals surface area contributed by atoms with E-state index in [2.05, 4.69) is 29.5 Å². The fraction of sp³-hybridized carbons (Fsp3) is 0.833. The van der Waals surface area contributed by atoms with Crippen LogP contribution in [0.2, 0.25) is 0 Å². The fourth-order valence-electron chi connectivity index (χ4n) is 1.01. The van der Waals surface area contributed by atoms with Gasteiger partial charge in [-0.1, -0.05) is 13.8 Å². The molecule has 0 saturated heterocycles. The molecule has 0 radical (unpaired) electrons. The summed E-state index contributed by atoms with van der Waals surface area (Å²) in [6.07, 6.45) is 0. The third-order valence-electron chi connectivity index (χ3n) is 1.97. The maximum absolute atomic E-state index is 11.4. The molecule has 0 aliphatic rings. The van der Waals surface area contributed by atoms with Gasteiger partial charge in [0.2, 0.25) is 5.91 Å². The predicted molar refractivity (Wildman–Crippen MR) is 87.5 cm³/mol. The highest BCUT2D eigenvalue weighted by molar-refractivity contribution is 14.0. The smallest absolute Gasteiger partial charge is 0.243 e. The molecule has 2 N–H and O–H groups in total. The lowest BCUT2D eigenvalue weighted by Gasteiger charge is -2.17. The second-order valence-electron chi connectivity index (χ2n) is 5.03. The number of aliphatic imine (C=N–C) groups is 1. The average molecular weight is 370 g/mol. The molecule has 18 heavy (non-hydrogen) atoms. The van der Waals surface area contributed by atoms with E-state index in [1.807, 2.05) is 13.8 Å². The van der Waals surface area contributed by atoms with Gasteiger partial charge in [-0.25, -0.2) is 4.99 Å². The van der Waals surface area contributed by atoms with Crippen LogP contribution in [0.4, 0.5) is 0 Å². The van der Waals surface area contributed by atoms with Crippen LogP contribution in [0.25, 0.3) is 0 Å². The molecule has 0 fully saturated rings. The Bertz CT molecular complexity index is 265. The van der Waals surface area contributed by atoms with Crippen LogP contribution in [0.5, 0.6) is 0 Å². The number of rotatable bonds is 5. The van der Waals surface area contributed by atoms with E-state index in [1.54, 1.807) is 19.0 Å². The Kier molecular flexibility index (Phi) is 11.4. The van der Waals surface area contributed by atoms with Crippen molar-refractivity contribution >= 4 is 35.8 Å². The Morgan fingerprint density at radius 3 is 2.17 bits per heavy atom. The van der Waals surface area contributed by atoms with Crippen molar-refractivity contribution in [2.75, 3.05) is 27.2 Å². The van der Waals surface area contributed by atoms with Gasteiger partial charge in [0.25, 0.3) is 0 Å². The monoisotopic (exact) mass is 370 g/mol. The summed E-state index contributed by atoms with van der Waals surface area (Å²) in [5, 5.41) is 6.41. The topological polar surface area (TPSA) is 56.7 Å². The highest BCUT2D eigenvalue weighted by Crippen LogP contribution is 1.89. The van der Waals surface area contributed by atoms with Crippen LogP contribution in [0.15, 0.2) is 4.99 Å². The summed E-state index contributed by atoms with van der Waals surface area (Å²) < 4.78 is 0. The summed E-state index contributed by atoms with van der Waals surface area (Å²) in [5.41, 5.74) is 0. The largest absolute Gasteiger partial charge is 0.356 e. The van der Waals surface area contributed by atoms with Gasteiger partial charge in [0.05, 0.1) is 0 Å². The average Bonchev–Trinajstić information content (AvgIpc) is 2.20. The van der Waals surface area contributed by atoms with Crippen LogP contribution in [0.1, 0.15) is 27.7 Å². The summed E-state index contributed by atoms with van der Waals surface area (Å²) in [4.78, 5) is 17.2. The molecule has 0 rings (SSSR count). The zero-order chi connectivity index (χ0) is 13.4. The number of amides is 1. The van der Waals surface area contributed by atoms with E-state index < -0.39 is 0 Å². The van der Waals surface area contributed by atoms with Crippen molar-refractivity contribution in [3.05, 3.63) is 0 Å². The minimum Gasteiger partial charge on any atom is -0.356 e. The molecule has 0 bridgehead atoms. The summed E-state index contributed by atoms with van der Waals surface area (Å²) in [6.45, 7) is 9.36. The SMILES string of the molecule is CC(C)CNC(=NCC(=O)N(C)C)NC(C)C.I. The second kappa shape index (κ2) is 10.4. The Morgan fingerprint density at radius 2 is 1.78 bits per heavy atom. The maximum Gasteiger partial charge on any atom is 0.243 e. The first-order chi connectivity index (χ1) is 7.82. The van der Waals surface area contributed by atoms with Crippen molar-refractivity contribution in [1.82, 2.24) is 15.5 Å². The molecule has 5 nitrogen and oxygen atoms in total. The van der Waals surface area contributed by atoms with Crippen LogP contribution < -0.4 is 10.6 Å². The van der Waals surface area contributed by atoms with Crippen LogP contribution in [0, 0.1) is 5.92 Å². The molecule has 6 heteroatoms. The standard InChI is InChI=1S/C12H26N4O.HI/c1-9(2)7-13-12(15-10(3)4)14-8-11(17)16(5)6;/h9-10H,7-8H2,1-6H3,(H2,13,14,15);1H. The number of nitrogens with one attached hydrogen (secondary N) is 2. The lowest BCUT2D eigenvalue weighted by Crippen LogP contribution is -2.43. The lowest BCUT2D eigenvalue weighted by molar-refractivity contribution is -0.127. The zero-order valence-corrected chi connectivity index (χ0v) is 14.6. The fourth-order valence-corrected chi connectivity index (χ4v) is 1.01. The zero-order valence-electron chi connectivity index (χ0n) is 12.3. The number of likely N-dealkylation sites (N-methyl/N-ethyl adjacent to an activating group) is 1. The van der Waals surface area contributed by atoms with Crippen molar-refractivity contribution in [3.63, 3.8) is 0 Å². The number of hydrogen-bond donors (Lipinski definition) is 2. The molecular weight excluding hydrogens is 343 g/mol. The minimum atomic E-state index is -0.000553. The molecule has 108 valence electrons. The van der Waals surface area contributed by atoms with Gasteiger partial charge in [0.15, 0.2) is 5.96 Å². The molecule has 0 aromatic carbocycles. The van der Waals surface area contributed by atoms with Gasteiger partial charge >= 0.3 is 0 Å². The van der Waals surface area contributed by atoms with E-state index >= 15 is 0 Å². The van der Waals surface area contributed by atoms with Gasteiger partial charge in [-0.3, -0.25) is 4.79 Å². The van der Waals surface area contributed by atoms with E-state index in [9.17, 15) is 4.79 Å². The number of nitrogens with zero attached hydrogens (tertiary/aromatic N) is 2. The van der Waals surface area contributed by atoms with Crippen molar-refractivity contribution in [2.45, 2.75) is 33.7 Å². The van der Waals surface area contributed by atoms with E-state index in [0.717, 1.165) is 6.54 Å². The highest BCUT2D eigenvalue weighted by Gasteiger charge is 2.05. The molecule has 0 saturated carbocycles. The molecule has 0 aliphatic heterocycles. The molecule has 0 unspecified atom stereocenters. The summed E-state index contributed by atoms with van der Waals surface area (Å²) >= 11 is 0. The first kappa shape index (κ1) is 19.8. The van der Waals surface area contributed by atoms with Gasteiger partial charge in [-0.15, -0.1) is 24.0 Å². The number of hydrogen-bond acceptors (Lipinski definition) is 2. The van der Waals surface area contributed by atoms with E-state index in [0.29, 0.717) is 17.9 Å². The van der Waals surface area contributed by atoms with Crippen LogP contribution >= 0.6 is 24.0 Å². The summed E-state index contributed by atoms with van der Waals surface area (Å²) in [5.74, 6) is 1.24. The summed E-state index contributed by atoms with van der Waals surface area (Å²) in [7, 11) is 3.46. The lowest BCUT2D eigenvalue weighted by atomic mass is 10.2. The molecule has 0 aromatic rings. The van der Waals surface area contributed by atoms with Gasteiger partial charge in [0, 0.05) is 26.7 Å². The molecule has 0 aliphatic carbocycles. The maximum atomic E-state index is 11.4. The van der Waals surface area contributed by atoms with E-state index in [1.165, 1.54) is 0 Å². The number of carbonyl (C=O) groups is 1. The molecule has 0 atom stereocenters. The Morgan fingerprint density at radius 1 is 1.22 bits per heavy atom. The molecule has 1 amide bonds. The molecule has 0 spiro atoms. The number of guanidine groups is 1. The van der Waals surface area contributed by atoms with Gasteiger partial charge in [0.1, 0.15) is 6.54 Å². The van der Waals surface area contributed by atoms with Crippen LogP contribution in [0.3, 0.4) is 0 Å². The summed E-state index contributed by atoms with van der Waals surface area (Å²) in [6, 6.07) is 0.294. The number of halogens is 1. The van der Waals surface area contributed by atoms with Gasteiger partial charge in [-0.05, 0) is 19.8 Å². The first-order valence-electron chi connectivity index (χ1n) is 6.08.